The van der Waals surface area contributed by atoms with Gasteiger partial charge in [-0.25, -0.2) is 9.97 Å². The van der Waals surface area contributed by atoms with Crippen LogP contribution in [0, 0.1) is 11.3 Å². The second-order valence-corrected chi connectivity index (χ2v) is 7.51. The highest BCUT2D eigenvalue weighted by Gasteiger charge is 2.15. The Morgan fingerprint density at radius 1 is 1.19 bits per heavy atom. The summed E-state index contributed by atoms with van der Waals surface area (Å²) in [5.74, 6) is 0.964. The van der Waals surface area contributed by atoms with Gasteiger partial charge in [0.2, 0.25) is 0 Å². The topological polar surface area (TPSA) is 77.4 Å². The number of benzene rings is 1. The van der Waals surface area contributed by atoms with E-state index in [9.17, 15) is 0 Å². The molecular formula is C21H21N5S. The number of imidazole rings is 1. The number of hydrogen-bond donors (Lipinski definition) is 2. The van der Waals surface area contributed by atoms with Gasteiger partial charge in [0, 0.05) is 24.2 Å². The number of nitrogens with zero attached hydrogens (tertiary/aromatic N) is 3. The quantitative estimate of drug-likeness (QED) is 0.665. The minimum Gasteiger partial charge on any atom is -0.377 e. The van der Waals surface area contributed by atoms with Gasteiger partial charge in [-0.15, -0.1) is 0 Å². The summed E-state index contributed by atoms with van der Waals surface area (Å²) in [6.45, 7) is 0. The van der Waals surface area contributed by atoms with Crippen molar-refractivity contribution in [2.45, 2.75) is 44.6 Å². The van der Waals surface area contributed by atoms with Crippen LogP contribution in [0.15, 0.2) is 36.5 Å². The van der Waals surface area contributed by atoms with Crippen LogP contribution < -0.4 is 5.32 Å². The van der Waals surface area contributed by atoms with E-state index in [2.05, 4.69) is 21.4 Å². The van der Waals surface area contributed by atoms with Gasteiger partial charge in [-0.05, 0) is 49.4 Å². The van der Waals surface area contributed by atoms with Gasteiger partial charge in [-0.2, -0.15) is 5.26 Å². The van der Waals surface area contributed by atoms with Crippen LogP contribution in [0.4, 0.5) is 0 Å². The number of thiocarbonyl (C=S) groups is 1. The molecule has 0 radical (unpaired) electrons. The van der Waals surface area contributed by atoms with Crippen molar-refractivity contribution in [2.75, 3.05) is 0 Å². The third-order valence-corrected chi connectivity index (χ3v) is 5.36. The molecule has 0 amide bonds. The Morgan fingerprint density at radius 2 is 2.04 bits per heavy atom. The molecule has 27 heavy (non-hydrogen) atoms. The van der Waals surface area contributed by atoms with E-state index in [1.807, 2.05) is 36.5 Å². The number of aromatic nitrogens is 3. The van der Waals surface area contributed by atoms with Crippen LogP contribution in [0.25, 0.3) is 22.3 Å². The Bertz CT molecular complexity index is 1000. The monoisotopic (exact) mass is 375 g/mol. The summed E-state index contributed by atoms with van der Waals surface area (Å²) >= 11 is 5.37. The Morgan fingerprint density at radius 3 is 2.85 bits per heavy atom. The van der Waals surface area contributed by atoms with E-state index in [1.54, 1.807) is 0 Å². The lowest BCUT2D eigenvalue weighted by molar-refractivity contribution is 0.513. The van der Waals surface area contributed by atoms with E-state index >= 15 is 0 Å². The van der Waals surface area contributed by atoms with Crippen molar-refractivity contribution >= 4 is 28.4 Å². The Labute approximate surface area is 163 Å². The molecule has 0 saturated carbocycles. The minimum absolute atomic E-state index is 0.440. The highest BCUT2D eigenvalue weighted by Crippen LogP contribution is 2.23. The molecule has 4 rings (SSSR count). The van der Waals surface area contributed by atoms with Crippen LogP contribution in [0.1, 0.15) is 43.5 Å². The average Bonchev–Trinajstić information content (AvgIpc) is 2.99. The summed E-state index contributed by atoms with van der Waals surface area (Å²) in [4.78, 5) is 13.6. The number of fused-ring (bicyclic) bond motifs is 1. The number of nitrogens with one attached hydrogen (secondary N) is 2. The molecule has 2 N–H and O–H groups in total. The normalized spacial score (nSPS) is 17.3. The molecule has 1 unspecified atom stereocenters. The molecule has 1 atom stereocenters. The Hall–Kier alpha value is -2.78. The van der Waals surface area contributed by atoms with Crippen molar-refractivity contribution < 1.29 is 0 Å². The van der Waals surface area contributed by atoms with E-state index in [4.69, 9.17) is 22.5 Å². The Kier molecular flexibility index (Phi) is 5.12. The summed E-state index contributed by atoms with van der Waals surface area (Å²) in [5.41, 5.74) is 4.37. The number of rotatable bonds is 4. The first-order valence-electron chi connectivity index (χ1n) is 9.36. The highest BCUT2D eigenvalue weighted by molar-refractivity contribution is 7.80. The molecule has 0 aliphatic carbocycles. The number of aryl methyl sites for hydroxylation is 1. The minimum atomic E-state index is 0.440. The summed E-state index contributed by atoms with van der Waals surface area (Å²) in [5, 5.41) is 12.4. The molecule has 5 nitrogen and oxygen atoms in total. The first kappa shape index (κ1) is 17.6. The van der Waals surface area contributed by atoms with Crippen molar-refractivity contribution in [2.24, 2.45) is 0 Å². The van der Waals surface area contributed by atoms with Crippen molar-refractivity contribution in [3.05, 3.63) is 47.9 Å². The second-order valence-electron chi connectivity index (χ2n) is 7.01. The number of H-pyrrole nitrogens is 1. The molecule has 0 spiro atoms. The third-order valence-electron chi connectivity index (χ3n) is 5.03. The fourth-order valence-electron chi connectivity index (χ4n) is 3.53. The van der Waals surface area contributed by atoms with Gasteiger partial charge >= 0.3 is 0 Å². The molecule has 136 valence electrons. The zero-order valence-corrected chi connectivity index (χ0v) is 15.9. The maximum Gasteiger partial charge on any atom is 0.157 e. The number of hydrogen-bond acceptors (Lipinski definition) is 4. The molecule has 1 saturated heterocycles. The second kappa shape index (κ2) is 7.85. The number of pyridine rings is 1. The highest BCUT2D eigenvalue weighted by atomic mass is 32.1. The lowest BCUT2D eigenvalue weighted by atomic mass is 10.1. The maximum atomic E-state index is 8.93. The fraction of sp³-hybridized carbons (Fsp3) is 0.333. The summed E-state index contributed by atoms with van der Waals surface area (Å²) in [6, 6.07) is 12.1. The molecule has 1 fully saturated rings. The first-order chi connectivity index (χ1) is 13.2. The smallest absolute Gasteiger partial charge is 0.157 e. The number of nitriles is 1. The molecule has 6 heteroatoms. The van der Waals surface area contributed by atoms with Crippen molar-refractivity contribution in [1.82, 2.24) is 20.3 Å². The molecule has 1 aromatic carbocycles. The number of aromatic amines is 1. The van der Waals surface area contributed by atoms with Gasteiger partial charge in [0.05, 0.1) is 16.6 Å². The molecule has 1 aliphatic heterocycles. The molecule has 3 heterocycles. The molecule has 2 aromatic heterocycles. The predicted octanol–water partition coefficient (Wildman–Crippen LogP) is 4.29. The van der Waals surface area contributed by atoms with Crippen molar-refractivity contribution in [3.63, 3.8) is 0 Å². The lowest BCUT2D eigenvalue weighted by Gasteiger charge is -2.16. The predicted molar refractivity (Wildman–Crippen MR) is 110 cm³/mol. The summed E-state index contributed by atoms with van der Waals surface area (Å²) < 4.78 is 0. The van der Waals surface area contributed by atoms with Crippen LogP contribution in [0.2, 0.25) is 0 Å². The van der Waals surface area contributed by atoms with Crippen LogP contribution in [0.5, 0.6) is 0 Å². The van der Waals surface area contributed by atoms with Crippen LogP contribution >= 0.6 is 12.2 Å². The van der Waals surface area contributed by atoms with Gasteiger partial charge in [0.1, 0.15) is 11.3 Å². The van der Waals surface area contributed by atoms with Crippen molar-refractivity contribution in [3.8, 4) is 17.2 Å². The fourth-order valence-corrected chi connectivity index (χ4v) is 3.84. The average molecular weight is 376 g/mol. The van der Waals surface area contributed by atoms with E-state index < -0.39 is 0 Å². The van der Waals surface area contributed by atoms with Gasteiger partial charge in [-0.3, -0.25) is 0 Å². The van der Waals surface area contributed by atoms with Gasteiger partial charge in [0.15, 0.2) is 5.65 Å². The molecule has 1 aliphatic rings. The van der Waals surface area contributed by atoms with Crippen molar-refractivity contribution in [1.29, 1.82) is 5.26 Å². The summed E-state index contributed by atoms with van der Waals surface area (Å²) in [6.07, 6.45) is 8.34. The van der Waals surface area contributed by atoms with E-state index in [0.29, 0.717) is 11.6 Å². The van der Waals surface area contributed by atoms with Crippen LogP contribution in [-0.2, 0) is 6.42 Å². The Balaban J connectivity index is 1.48. The lowest BCUT2D eigenvalue weighted by Crippen LogP contribution is -2.32. The third kappa shape index (κ3) is 4.15. The van der Waals surface area contributed by atoms with Gasteiger partial charge in [0.25, 0.3) is 0 Å². The van der Waals surface area contributed by atoms with Crippen LogP contribution in [0.3, 0.4) is 0 Å². The zero-order chi connectivity index (χ0) is 18.6. The zero-order valence-electron chi connectivity index (χ0n) is 15.0. The first-order valence-corrected chi connectivity index (χ1v) is 9.76. The van der Waals surface area contributed by atoms with Gasteiger partial charge in [-0.1, -0.05) is 30.8 Å². The van der Waals surface area contributed by atoms with Gasteiger partial charge < -0.3 is 10.3 Å². The summed E-state index contributed by atoms with van der Waals surface area (Å²) in [7, 11) is 0. The van der Waals surface area contributed by atoms with E-state index in [-0.39, 0.29) is 0 Å². The molecule has 0 bridgehead atoms. The SMILES string of the molecule is N#Cc1ccc(-c2cnc3[nH]c(CCC4CCCCC(=S)N4)nc3c2)cc1. The van der Waals surface area contributed by atoms with E-state index in [1.165, 1.54) is 19.3 Å². The van der Waals surface area contributed by atoms with E-state index in [0.717, 1.165) is 52.4 Å². The van der Waals surface area contributed by atoms with Crippen LogP contribution in [-0.4, -0.2) is 26.0 Å². The maximum absolute atomic E-state index is 8.93. The largest absolute Gasteiger partial charge is 0.377 e. The molecular weight excluding hydrogens is 354 g/mol. The standard InChI is InChI=1S/C21H21N5S/c22-12-14-5-7-15(8-6-14)16-11-18-21(23-13-16)26-19(25-18)10-9-17-3-1-2-4-20(27)24-17/h5-8,11,13,17H,1-4,9-10H2,(H,24,27)(H,23,25,26). The molecule has 3 aromatic rings.